The number of nitrogens with zero attached hydrogens (tertiary/aromatic N) is 5. The minimum Gasteiger partial charge on any atom is -0.483 e. The molecule has 0 radical (unpaired) electrons. The lowest BCUT2D eigenvalue weighted by Gasteiger charge is -2.32. The van der Waals surface area contributed by atoms with Gasteiger partial charge in [0.15, 0.2) is 17.2 Å². The van der Waals surface area contributed by atoms with E-state index in [1.165, 1.54) is 35.1 Å². The molecule has 1 saturated heterocycles. The van der Waals surface area contributed by atoms with E-state index in [-0.39, 0.29) is 51.7 Å². The summed E-state index contributed by atoms with van der Waals surface area (Å²) in [6.45, 7) is 2.46. The highest BCUT2D eigenvalue weighted by atomic mass is 35.5. The Kier molecular flexibility index (Phi) is 9.50. The highest BCUT2D eigenvalue weighted by molar-refractivity contribution is 6.34. The quantitative estimate of drug-likeness (QED) is 0.202. The first-order valence-corrected chi connectivity index (χ1v) is 13.3. The molecular formula is C26H27ClF3N9O4. The number of piperidine rings is 1. The highest BCUT2D eigenvalue weighted by Crippen LogP contribution is 2.36. The lowest BCUT2D eigenvalue weighted by atomic mass is 10.1. The number of carbonyl (C=O) groups is 3. The summed E-state index contributed by atoms with van der Waals surface area (Å²) in [5, 5.41) is 18.3. The number of H-pyrrole nitrogens is 1. The normalized spacial score (nSPS) is 14.5. The van der Waals surface area contributed by atoms with E-state index >= 15 is 0 Å². The van der Waals surface area contributed by atoms with Gasteiger partial charge in [-0.15, -0.1) is 0 Å². The van der Waals surface area contributed by atoms with E-state index in [9.17, 15) is 22.8 Å². The molecule has 0 bridgehead atoms. The molecule has 0 unspecified atom stereocenters. The van der Waals surface area contributed by atoms with Crippen molar-refractivity contribution < 1.29 is 32.7 Å². The molecule has 1 aliphatic heterocycles. The van der Waals surface area contributed by atoms with Crippen LogP contribution in [0.15, 0.2) is 43.0 Å². The predicted molar refractivity (Wildman–Crippen MR) is 150 cm³/mol. The summed E-state index contributed by atoms with van der Waals surface area (Å²) < 4.78 is 41.6. The van der Waals surface area contributed by atoms with Crippen LogP contribution in [0.25, 0.3) is 16.9 Å². The largest absolute Gasteiger partial charge is 0.483 e. The smallest absolute Gasteiger partial charge is 0.435 e. The van der Waals surface area contributed by atoms with Gasteiger partial charge in [-0.1, -0.05) is 11.6 Å². The van der Waals surface area contributed by atoms with Crippen molar-refractivity contribution >= 4 is 47.0 Å². The number of hydrogen-bond acceptors (Lipinski definition) is 8. The fourth-order valence-electron chi connectivity index (χ4n) is 4.55. The molecule has 3 aromatic heterocycles. The van der Waals surface area contributed by atoms with Gasteiger partial charge in [0.1, 0.15) is 6.04 Å². The molecule has 0 saturated carbocycles. The second-order valence-electron chi connectivity index (χ2n) is 9.54. The second-order valence-corrected chi connectivity index (χ2v) is 9.95. The molecule has 1 atom stereocenters. The van der Waals surface area contributed by atoms with E-state index < -0.39 is 23.8 Å². The predicted octanol–water partition coefficient (Wildman–Crippen LogP) is 3.30. The molecular weight excluding hydrogens is 595 g/mol. The minimum atomic E-state index is -4.65. The molecule has 4 aromatic rings. The molecule has 228 valence electrons. The van der Waals surface area contributed by atoms with Gasteiger partial charge in [0.25, 0.3) is 12.4 Å². The molecule has 0 aliphatic carbocycles. The number of aromatic amines is 1. The minimum absolute atomic E-state index is 0.0799. The highest BCUT2D eigenvalue weighted by Gasteiger charge is 2.37. The third-order valence-electron chi connectivity index (χ3n) is 6.66. The van der Waals surface area contributed by atoms with Crippen molar-refractivity contribution in [2.45, 2.75) is 38.0 Å². The number of aromatic nitrogens is 5. The second kappa shape index (κ2) is 13.1. The molecule has 43 heavy (non-hydrogen) atoms. The maximum absolute atomic E-state index is 13.4. The van der Waals surface area contributed by atoms with Crippen molar-refractivity contribution in [3.8, 4) is 11.3 Å². The zero-order chi connectivity index (χ0) is 31.3. The molecule has 1 aromatic carbocycles. The summed E-state index contributed by atoms with van der Waals surface area (Å²) in [6.07, 6.45) is 2.12. The van der Waals surface area contributed by atoms with Crippen molar-refractivity contribution in [3.63, 3.8) is 0 Å². The first-order valence-electron chi connectivity index (χ1n) is 12.9. The molecule has 0 spiro atoms. The Morgan fingerprint density at radius 1 is 1.26 bits per heavy atom. The summed E-state index contributed by atoms with van der Waals surface area (Å²) in [5.41, 5.74) is 5.74. The molecule has 1 fully saturated rings. The van der Waals surface area contributed by atoms with Gasteiger partial charge in [-0.25, -0.2) is 9.97 Å². The van der Waals surface area contributed by atoms with E-state index in [0.717, 1.165) is 6.20 Å². The van der Waals surface area contributed by atoms with Gasteiger partial charge in [-0.3, -0.25) is 23.9 Å². The first-order chi connectivity index (χ1) is 20.4. The molecule has 2 amide bonds. The number of carboxylic acid groups (broad SMARTS) is 1. The molecule has 1 aliphatic rings. The number of likely N-dealkylation sites (tertiary alicyclic amines) is 1. The zero-order valence-corrected chi connectivity index (χ0v) is 23.4. The summed E-state index contributed by atoms with van der Waals surface area (Å²) in [6, 6.07) is 3.92. The van der Waals surface area contributed by atoms with Crippen LogP contribution in [0.5, 0.6) is 0 Å². The van der Waals surface area contributed by atoms with Crippen LogP contribution in [0.2, 0.25) is 5.02 Å². The number of carbonyl (C=O) groups excluding carboxylic acids is 2. The third kappa shape index (κ3) is 7.03. The number of rotatable bonds is 6. The van der Waals surface area contributed by atoms with Crippen molar-refractivity contribution in [2.75, 3.05) is 18.4 Å². The fourth-order valence-corrected chi connectivity index (χ4v) is 4.82. The first kappa shape index (κ1) is 31.2. The number of imidazole rings is 1. The monoisotopic (exact) mass is 621 g/mol. The molecule has 6 N–H and O–H groups in total. The number of anilines is 2. The Bertz CT molecular complexity index is 1620. The number of halogens is 4. The van der Waals surface area contributed by atoms with Gasteiger partial charge in [0, 0.05) is 43.4 Å². The summed E-state index contributed by atoms with van der Waals surface area (Å²) in [5.74, 6) is -0.449. The number of alkyl halides is 3. The number of fused-ring (bicyclic) bond motifs is 1. The average molecular weight is 622 g/mol. The van der Waals surface area contributed by atoms with Gasteiger partial charge < -0.3 is 26.4 Å². The van der Waals surface area contributed by atoms with Gasteiger partial charge in [-0.05, 0) is 38.0 Å². The van der Waals surface area contributed by atoms with Crippen LogP contribution in [0, 0.1) is 0 Å². The molecule has 13 nitrogen and oxygen atoms in total. The van der Waals surface area contributed by atoms with Gasteiger partial charge in [0.2, 0.25) is 5.91 Å². The van der Waals surface area contributed by atoms with E-state index in [1.807, 2.05) is 0 Å². The van der Waals surface area contributed by atoms with Gasteiger partial charge >= 0.3 is 6.18 Å². The summed E-state index contributed by atoms with van der Waals surface area (Å²) >= 11 is 6.40. The number of benzene rings is 1. The third-order valence-corrected chi connectivity index (χ3v) is 6.97. The zero-order valence-electron chi connectivity index (χ0n) is 22.6. The summed E-state index contributed by atoms with van der Waals surface area (Å²) in [4.78, 5) is 44.1. The van der Waals surface area contributed by atoms with Crippen molar-refractivity contribution in [1.29, 1.82) is 0 Å². The van der Waals surface area contributed by atoms with Crippen LogP contribution >= 0.6 is 11.6 Å². The van der Waals surface area contributed by atoms with Crippen LogP contribution in [-0.4, -0.2) is 78.0 Å². The van der Waals surface area contributed by atoms with E-state index in [2.05, 4.69) is 30.8 Å². The fraction of sp³-hybridized carbons (Fsp3) is 0.308. The van der Waals surface area contributed by atoms with Crippen molar-refractivity contribution in [3.05, 3.63) is 59.3 Å². The van der Waals surface area contributed by atoms with Crippen LogP contribution in [-0.2, 0) is 15.8 Å². The Morgan fingerprint density at radius 3 is 2.60 bits per heavy atom. The van der Waals surface area contributed by atoms with E-state index in [0.29, 0.717) is 31.6 Å². The van der Waals surface area contributed by atoms with E-state index in [1.54, 1.807) is 17.9 Å². The van der Waals surface area contributed by atoms with Crippen LogP contribution in [0.1, 0.15) is 35.8 Å². The maximum atomic E-state index is 13.4. The summed E-state index contributed by atoms with van der Waals surface area (Å²) in [7, 11) is 0. The maximum Gasteiger partial charge on any atom is 0.435 e. The number of nitrogens with two attached hydrogens (primary N) is 1. The number of amides is 2. The standard InChI is InChI=1S/C25H25ClF3N9O2.CH2O2/c1-13(24(40)37-7-4-14(30)5-8-37)34-23(39)16-3-2-15(10-18(16)26)35-21-22-32-12-19(38(22)9-6-31-21)17-11-33-36-20(17)25(27,28)29;2-1-3/h2-3,6,9-14H,4-5,7-8,30H2,1H3,(H,31,35)(H,33,36)(H,34,39);1H,(H,2,3)/t13-;/m0./s1. The topological polar surface area (TPSA) is 184 Å². The SMILES string of the molecule is C[C@H](NC(=O)c1ccc(Nc2nccn3c(-c4c[nH]nc4C(F)(F)F)cnc23)cc1Cl)C(=O)N1CCC(N)CC1.O=CO. The van der Waals surface area contributed by atoms with Crippen LogP contribution < -0.4 is 16.4 Å². The lowest BCUT2D eigenvalue weighted by Crippen LogP contribution is -2.50. The average Bonchev–Trinajstić information content (AvgIpc) is 3.61. The van der Waals surface area contributed by atoms with Gasteiger partial charge in [-0.2, -0.15) is 18.3 Å². The van der Waals surface area contributed by atoms with Crippen molar-refractivity contribution in [1.82, 2.24) is 34.8 Å². The van der Waals surface area contributed by atoms with Crippen molar-refractivity contribution in [2.24, 2.45) is 5.73 Å². The Hall–Kier alpha value is -4.70. The van der Waals surface area contributed by atoms with Crippen LogP contribution in [0.4, 0.5) is 24.7 Å². The number of hydrogen-bond donors (Lipinski definition) is 5. The van der Waals surface area contributed by atoms with Crippen LogP contribution in [0.3, 0.4) is 0 Å². The number of nitrogens with one attached hydrogen (secondary N) is 3. The van der Waals surface area contributed by atoms with Gasteiger partial charge in [0.05, 0.1) is 28.0 Å². The molecule has 5 rings (SSSR count). The van der Waals surface area contributed by atoms with E-state index in [4.69, 9.17) is 27.2 Å². The lowest BCUT2D eigenvalue weighted by molar-refractivity contribution is -0.140. The molecule has 17 heteroatoms. The Balaban J connectivity index is 0.00000135. The molecule has 4 heterocycles. The Labute approximate surface area is 247 Å². The Morgan fingerprint density at radius 2 is 1.95 bits per heavy atom.